The number of amidine groups is 1. The fourth-order valence-corrected chi connectivity index (χ4v) is 2.36. The summed E-state index contributed by atoms with van der Waals surface area (Å²) in [5, 5.41) is 6.94. The summed E-state index contributed by atoms with van der Waals surface area (Å²) in [6, 6.07) is 6.63. The highest BCUT2D eigenvalue weighted by Gasteiger charge is 2.15. The lowest BCUT2D eigenvalue weighted by molar-refractivity contribution is 0.585. The van der Waals surface area contributed by atoms with E-state index in [1.807, 2.05) is 0 Å². The van der Waals surface area contributed by atoms with Crippen molar-refractivity contribution >= 4 is 15.9 Å². The first-order valence-corrected chi connectivity index (χ1v) is 5.80. The summed E-state index contributed by atoms with van der Waals surface area (Å²) in [5.41, 5.74) is 5.73. The molecule has 1 aromatic carbocycles. The molecule has 6 heteroatoms. The highest BCUT2D eigenvalue weighted by atomic mass is 32.2. The van der Waals surface area contributed by atoms with Gasteiger partial charge in [0.25, 0.3) is 0 Å². The minimum atomic E-state index is -3.56. The lowest BCUT2D eigenvalue weighted by Crippen LogP contribution is -2.33. The molecule has 0 spiro atoms. The van der Waals surface area contributed by atoms with Gasteiger partial charge >= 0.3 is 0 Å². The van der Waals surface area contributed by atoms with Crippen LogP contribution >= 0.6 is 0 Å². The molecular weight excluding hydrogens is 214 g/mol. The van der Waals surface area contributed by atoms with Gasteiger partial charge < -0.3 is 5.73 Å². The molecule has 0 saturated carbocycles. The number of hydrogen-bond acceptors (Lipinski definition) is 3. The van der Waals surface area contributed by atoms with Crippen molar-refractivity contribution in [3.8, 4) is 0 Å². The highest BCUT2D eigenvalue weighted by molar-refractivity contribution is 7.89. The quantitative estimate of drug-likeness (QED) is 0.506. The van der Waals surface area contributed by atoms with E-state index in [9.17, 15) is 8.42 Å². The number of rotatable bonds is 4. The fourth-order valence-electron chi connectivity index (χ4n) is 1.11. The van der Waals surface area contributed by atoms with Gasteiger partial charge in [-0.15, -0.1) is 0 Å². The Morgan fingerprint density at radius 2 is 2.07 bits per heavy atom. The topological polar surface area (TPSA) is 96.0 Å². The van der Waals surface area contributed by atoms with Crippen LogP contribution in [0.3, 0.4) is 0 Å². The second-order valence-corrected chi connectivity index (χ2v) is 4.85. The molecule has 15 heavy (non-hydrogen) atoms. The van der Waals surface area contributed by atoms with Crippen LogP contribution in [0.5, 0.6) is 0 Å². The van der Waals surface area contributed by atoms with Gasteiger partial charge in [0.05, 0.1) is 11.4 Å². The number of aryl methyl sites for hydroxylation is 1. The minimum Gasteiger partial charge on any atom is -0.387 e. The number of hydrogen-bond donors (Lipinski definition) is 3. The number of sulfonamides is 1. The third-order valence-electron chi connectivity index (χ3n) is 1.84. The molecule has 0 bridgehead atoms. The van der Waals surface area contributed by atoms with Crippen molar-refractivity contribution in [1.29, 1.82) is 5.41 Å². The van der Waals surface area contributed by atoms with Crippen LogP contribution in [0, 0.1) is 12.3 Å². The van der Waals surface area contributed by atoms with Crippen LogP contribution in [0.25, 0.3) is 0 Å². The van der Waals surface area contributed by atoms with Crippen molar-refractivity contribution in [2.24, 2.45) is 5.73 Å². The first kappa shape index (κ1) is 11.7. The van der Waals surface area contributed by atoms with Crippen molar-refractivity contribution in [2.45, 2.75) is 11.8 Å². The number of benzene rings is 1. The molecule has 0 aliphatic carbocycles. The van der Waals surface area contributed by atoms with E-state index < -0.39 is 10.0 Å². The SMILES string of the molecule is Cc1ccccc1S(=O)(=O)NCC(=N)N. The predicted octanol–water partition coefficient (Wildman–Crippen LogP) is 0.209. The Morgan fingerprint density at radius 1 is 1.47 bits per heavy atom. The second kappa shape index (κ2) is 4.41. The lowest BCUT2D eigenvalue weighted by atomic mass is 10.2. The molecule has 0 aliphatic heterocycles. The summed E-state index contributed by atoms with van der Waals surface area (Å²) >= 11 is 0. The molecule has 0 saturated heterocycles. The first-order valence-electron chi connectivity index (χ1n) is 4.31. The first-order chi connectivity index (χ1) is 6.93. The molecular formula is C9H13N3O2S. The molecule has 0 heterocycles. The Hall–Kier alpha value is -1.40. The van der Waals surface area contributed by atoms with Crippen LogP contribution in [0.1, 0.15) is 5.56 Å². The van der Waals surface area contributed by atoms with E-state index in [2.05, 4.69) is 4.72 Å². The van der Waals surface area contributed by atoms with Crippen molar-refractivity contribution < 1.29 is 8.42 Å². The largest absolute Gasteiger partial charge is 0.387 e. The Morgan fingerprint density at radius 3 is 2.60 bits per heavy atom. The van der Waals surface area contributed by atoms with Gasteiger partial charge in [-0.2, -0.15) is 0 Å². The van der Waals surface area contributed by atoms with Gasteiger partial charge in [0, 0.05) is 0 Å². The Labute approximate surface area is 88.9 Å². The molecule has 0 unspecified atom stereocenters. The Bertz CT molecular complexity index is 468. The molecule has 0 atom stereocenters. The Kier molecular flexibility index (Phi) is 3.43. The highest BCUT2D eigenvalue weighted by Crippen LogP contribution is 2.13. The third kappa shape index (κ3) is 3.03. The van der Waals surface area contributed by atoms with Crippen LogP contribution in [-0.4, -0.2) is 20.8 Å². The average Bonchev–Trinajstić information content (AvgIpc) is 2.15. The van der Waals surface area contributed by atoms with E-state index in [0.29, 0.717) is 5.56 Å². The molecule has 1 rings (SSSR count). The van der Waals surface area contributed by atoms with E-state index in [1.165, 1.54) is 6.07 Å². The van der Waals surface area contributed by atoms with Crippen molar-refractivity contribution in [1.82, 2.24) is 4.72 Å². The van der Waals surface area contributed by atoms with Crippen molar-refractivity contribution in [3.63, 3.8) is 0 Å². The maximum Gasteiger partial charge on any atom is 0.241 e. The second-order valence-electron chi connectivity index (χ2n) is 3.12. The predicted molar refractivity (Wildman–Crippen MR) is 58.3 cm³/mol. The van der Waals surface area contributed by atoms with E-state index in [4.69, 9.17) is 11.1 Å². The van der Waals surface area contributed by atoms with Crippen LogP contribution in [0.15, 0.2) is 29.2 Å². The number of nitrogens with one attached hydrogen (secondary N) is 2. The van der Waals surface area contributed by atoms with E-state index >= 15 is 0 Å². The molecule has 82 valence electrons. The summed E-state index contributed by atoms with van der Waals surface area (Å²) in [4.78, 5) is 0.214. The minimum absolute atomic E-state index is 0.170. The van der Waals surface area contributed by atoms with Crippen LogP contribution in [0.2, 0.25) is 0 Å². The Balaban J connectivity index is 2.97. The van der Waals surface area contributed by atoms with E-state index in [0.717, 1.165) is 0 Å². The smallest absolute Gasteiger partial charge is 0.241 e. The molecule has 0 amide bonds. The molecule has 4 N–H and O–H groups in total. The summed E-state index contributed by atoms with van der Waals surface area (Å²) < 4.78 is 25.6. The van der Waals surface area contributed by atoms with Gasteiger partial charge in [0.15, 0.2) is 0 Å². The maximum atomic E-state index is 11.7. The van der Waals surface area contributed by atoms with Gasteiger partial charge in [-0.3, -0.25) is 5.41 Å². The maximum absolute atomic E-state index is 11.7. The van der Waals surface area contributed by atoms with Crippen LogP contribution < -0.4 is 10.5 Å². The average molecular weight is 227 g/mol. The normalized spacial score (nSPS) is 11.3. The van der Waals surface area contributed by atoms with Gasteiger partial charge in [0.2, 0.25) is 10.0 Å². The van der Waals surface area contributed by atoms with E-state index in [1.54, 1.807) is 25.1 Å². The van der Waals surface area contributed by atoms with Crippen LogP contribution in [0.4, 0.5) is 0 Å². The lowest BCUT2D eigenvalue weighted by Gasteiger charge is -2.07. The summed E-state index contributed by atoms with van der Waals surface area (Å²) in [7, 11) is -3.56. The zero-order valence-corrected chi connectivity index (χ0v) is 9.14. The van der Waals surface area contributed by atoms with E-state index in [-0.39, 0.29) is 17.3 Å². The standard InChI is InChI=1S/C9H13N3O2S/c1-7-4-2-3-5-8(7)15(13,14)12-6-9(10)11/h2-5,12H,6H2,1H3,(H3,10,11). The molecule has 0 aliphatic rings. The molecule has 5 nitrogen and oxygen atoms in total. The van der Waals surface area contributed by atoms with Crippen molar-refractivity contribution in [3.05, 3.63) is 29.8 Å². The molecule has 0 fully saturated rings. The summed E-state index contributed by atoms with van der Waals surface area (Å²) in [6.07, 6.45) is 0. The molecule has 0 radical (unpaired) electrons. The monoisotopic (exact) mass is 227 g/mol. The van der Waals surface area contributed by atoms with Gasteiger partial charge in [0.1, 0.15) is 5.84 Å². The zero-order valence-electron chi connectivity index (χ0n) is 8.32. The third-order valence-corrected chi connectivity index (χ3v) is 3.40. The van der Waals surface area contributed by atoms with Gasteiger partial charge in [-0.1, -0.05) is 18.2 Å². The zero-order chi connectivity index (χ0) is 11.5. The molecule has 0 aromatic heterocycles. The van der Waals surface area contributed by atoms with Gasteiger partial charge in [-0.05, 0) is 18.6 Å². The summed E-state index contributed by atoms with van der Waals surface area (Å²) in [6.45, 7) is 1.54. The number of nitrogens with two attached hydrogens (primary N) is 1. The van der Waals surface area contributed by atoms with Gasteiger partial charge in [-0.25, -0.2) is 13.1 Å². The van der Waals surface area contributed by atoms with Crippen molar-refractivity contribution in [2.75, 3.05) is 6.54 Å². The molecule has 1 aromatic rings. The summed E-state index contributed by atoms with van der Waals surface area (Å²) in [5.74, 6) is -0.216. The van der Waals surface area contributed by atoms with Crippen LogP contribution in [-0.2, 0) is 10.0 Å². The fraction of sp³-hybridized carbons (Fsp3) is 0.222.